The average Bonchev–Trinajstić information content (AvgIpc) is 2.65. The number of benzene rings is 1. The van der Waals surface area contributed by atoms with Crippen molar-refractivity contribution in [3.05, 3.63) is 18.2 Å². The van der Waals surface area contributed by atoms with Gasteiger partial charge in [0.25, 0.3) is 5.91 Å². The van der Waals surface area contributed by atoms with Gasteiger partial charge in [-0.25, -0.2) is 0 Å². The van der Waals surface area contributed by atoms with Crippen molar-refractivity contribution >= 4 is 29.1 Å². The minimum absolute atomic E-state index is 0.0110. The third-order valence-corrected chi connectivity index (χ3v) is 5.05. The minimum Gasteiger partial charge on any atom is -0.479 e. The monoisotopic (exact) mass is 387 g/mol. The fourth-order valence-corrected chi connectivity index (χ4v) is 3.61. The van der Waals surface area contributed by atoms with Crippen LogP contribution in [0.25, 0.3) is 0 Å². The van der Waals surface area contributed by atoms with Crippen LogP contribution in [0.2, 0.25) is 0 Å². The van der Waals surface area contributed by atoms with Crippen molar-refractivity contribution in [1.29, 1.82) is 0 Å². The standard InChI is InChI=1S/C21H29N3O4/c1-14(2)11-19(25)22-16-7-8-18-17(12-16)24(21(27)15(3)28-18)13-20(26)23-9-5-4-6-10-23/h7-8,12,14-15H,4-6,9-11,13H2,1-3H3,(H,22,25). The van der Waals surface area contributed by atoms with E-state index in [1.807, 2.05) is 18.7 Å². The van der Waals surface area contributed by atoms with Gasteiger partial charge in [-0.05, 0) is 50.3 Å². The molecule has 28 heavy (non-hydrogen) atoms. The summed E-state index contributed by atoms with van der Waals surface area (Å²) in [6.07, 6.45) is 2.91. The molecule has 0 aliphatic carbocycles. The van der Waals surface area contributed by atoms with E-state index in [4.69, 9.17) is 4.74 Å². The number of nitrogens with one attached hydrogen (secondary N) is 1. The van der Waals surface area contributed by atoms with Gasteiger partial charge in [0.2, 0.25) is 11.8 Å². The topological polar surface area (TPSA) is 79.0 Å². The van der Waals surface area contributed by atoms with Crippen LogP contribution < -0.4 is 15.0 Å². The molecule has 0 bridgehead atoms. The first-order valence-corrected chi connectivity index (χ1v) is 10.0. The fraction of sp³-hybridized carbons (Fsp3) is 0.571. The predicted molar refractivity (Wildman–Crippen MR) is 107 cm³/mol. The number of hydrogen-bond acceptors (Lipinski definition) is 4. The molecule has 1 N–H and O–H groups in total. The van der Waals surface area contributed by atoms with E-state index in [1.165, 1.54) is 4.90 Å². The van der Waals surface area contributed by atoms with E-state index in [0.29, 0.717) is 23.5 Å². The maximum atomic E-state index is 12.7. The van der Waals surface area contributed by atoms with E-state index in [2.05, 4.69) is 5.32 Å². The third-order valence-electron chi connectivity index (χ3n) is 5.05. The zero-order valence-corrected chi connectivity index (χ0v) is 16.9. The summed E-state index contributed by atoms with van der Waals surface area (Å²) >= 11 is 0. The number of carbonyl (C=O) groups is 3. The molecule has 1 atom stereocenters. The van der Waals surface area contributed by atoms with E-state index < -0.39 is 6.10 Å². The van der Waals surface area contributed by atoms with Crippen LogP contribution in [0.15, 0.2) is 18.2 Å². The normalized spacial score (nSPS) is 19.3. The molecule has 2 aliphatic rings. The van der Waals surface area contributed by atoms with E-state index in [9.17, 15) is 14.4 Å². The van der Waals surface area contributed by atoms with Crippen LogP contribution in [-0.4, -0.2) is 48.4 Å². The Bertz CT molecular complexity index is 756. The Kier molecular flexibility index (Phi) is 6.21. The number of fused-ring (bicyclic) bond motifs is 1. The zero-order valence-electron chi connectivity index (χ0n) is 16.9. The van der Waals surface area contributed by atoms with Gasteiger partial charge in [-0.2, -0.15) is 0 Å². The Morgan fingerprint density at radius 1 is 1.21 bits per heavy atom. The van der Waals surface area contributed by atoms with E-state index >= 15 is 0 Å². The molecule has 1 aromatic carbocycles. The van der Waals surface area contributed by atoms with E-state index in [-0.39, 0.29) is 30.2 Å². The number of carbonyl (C=O) groups excluding carboxylic acids is 3. The van der Waals surface area contributed by atoms with Crippen molar-refractivity contribution in [1.82, 2.24) is 4.90 Å². The average molecular weight is 387 g/mol. The highest BCUT2D eigenvalue weighted by atomic mass is 16.5. The second kappa shape index (κ2) is 8.63. The molecule has 7 nitrogen and oxygen atoms in total. The lowest BCUT2D eigenvalue weighted by molar-refractivity contribution is -0.133. The van der Waals surface area contributed by atoms with Crippen LogP contribution in [0.3, 0.4) is 0 Å². The number of piperidine rings is 1. The highest BCUT2D eigenvalue weighted by Gasteiger charge is 2.34. The number of amides is 3. The predicted octanol–water partition coefficient (Wildman–Crippen LogP) is 2.80. The van der Waals surface area contributed by atoms with Crippen molar-refractivity contribution in [2.75, 3.05) is 29.9 Å². The van der Waals surface area contributed by atoms with Crippen LogP contribution in [0.4, 0.5) is 11.4 Å². The van der Waals surface area contributed by atoms with Crippen LogP contribution in [0, 0.1) is 5.92 Å². The van der Waals surface area contributed by atoms with Gasteiger partial charge in [0.1, 0.15) is 12.3 Å². The number of ether oxygens (including phenoxy) is 1. The van der Waals surface area contributed by atoms with Crippen molar-refractivity contribution in [3.8, 4) is 5.75 Å². The van der Waals surface area contributed by atoms with Gasteiger partial charge >= 0.3 is 0 Å². The molecule has 3 amide bonds. The molecule has 1 aromatic rings. The molecule has 0 aromatic heterocycles. The summed E-state index contributed by atoms with van der Waals surface area (Å²) in [4.78, 5) is 40.9. The van der Waals surface area contributed by atoms with Crippen LogP contribution in [0.1, 0.15) is 46.5 Å². The summed E-state index contributed by atoms with van der Waals surface area (Å²) in [6, 6.07) is 5.20. The smallest absolute Gasteiger partial charge is 0.268 e. The first-order valence-electron chi connectivity index (χ1n) is 10.0. The van der Waals surface area contributed by atoms with Crippen molar-refractivity contribution in [2.45, 2.75) is 52.6 Å². The minimum atomic E-state index is -0.650. The summed E-state index contributed by atoms with van der Waals surface area (Å²) in [5.74, 6) is 0.413. The van der Waals surface area contributed by atoms with Gasteiger partial charge in [-0.3, -0.25) is 19.3 Å². The summed E-state index contributed by atoms with van der Waals surface area (Å²) in [5.41, 5.74) is 1.11. The summed E-state index contributed by atoms with van der Waals surface area (Å²) in [7, 11) is 0. The van der Waals surface area contributed by atoms with Gasteiger partial charge in [-0.15, -0.1) is 0 Å². The Labute approximate surface area is 166 Å². The second-order valence-corrected chi connectivity index (χ2v) is 7.95. The Morgan fingerprint density at radius 3 is 2.61 bits per heavy atom. The van der Waals surface area contributed by atoms with Crippen LogP contribution >= 0.6 is 0 Å². The zero-order chi connectivity index (χ0) is 20.3. The molecule has 1 fully saturated rings. The molecule has 7 heteroatoms. The maximum absolute atomic E-state index is 12.7. The van der Waals surface area contributed by atoms with Gasteiger partial charge in [0.15, 0.2) is 6.10 Å². The largest absolute Gasteiger partial charge is 0.479 e. The summed E-state index contributed by atoms with van der Waals surface area (Å²) in [6.45, 7) is 7.11. The van der Waals surface area contributed by atoms with E-state index in [1.54, 1.807) is 25.1 Å². The number of anilines is 2. The van der Waals surface area contributed by atoms with Gasteiger partial charge in [0.05, 0.1) is 5.69 Å². The number of nitrogens with zero attached hydrogens (tertiary/aromatic N) is 2. The number of likely N-dealkylation sites (tertiary alicyclic amines) is 1. The molecular weight excluding hydrogens is 358 g/mol. The van der Waals surface area contributed by atoms with Gasteiger partial charge in [0, 0.05) is 25.2 Å². The second-order valence-electron chi connectivity index (χ2n) is 7.95. The fourth-order valence-electron chi connectivity index (χ4n) is 3.61. The van der Waals surface area contributed by atoms with Crippen molar-refractivity contribution in [3.63, 3.8) is 0 Å². The molecular formula is C21H29N3O4. The molecule has 3 rings (SSSR count). The number of rotatable bonds is 5. The third kappa shape index (κ3) is 4.64. The molecule has 152 valence electrons. The first-order chi connectivity index (χ1) is 13.3. The highest BCUT2D eigenvalue weighted by Crippen LogP contribution is 2.36. The highest BCUT2D eigenvalue weighted by molar-refractivity contribution is 6.04. The molecule has 0 saturated carbocycles. The molecule has 0 radical (unpaired) electrons. The van der Waals surface area contributed by atoms with E-state index in [0.717, 1.165) is 32.4 Å². The molecule has 1 unspecified atom stereocenters. The summed E-state index contributed by atoms with van der Waals surface area (Å²) < 4.78 is 5.70. The maximum Gasteiger partial charge on any atom is 0.268 e. The summed E-state index contributed by atoms with van der Waals surface area (Å²) in [5, 5.41) is 2.86. The molecule has 1 saturated heterocycles. The van der Waals surface area contributed by atoms with Crippen LogP contribution in [-0.2, 0) is 14.4 Å². The Hall–Kier alpha value is -2.57. The van der Waals surface area contributed by atoms with Crippen LogP contribution in [0.5, 0.6) is 5.75 Å². The molecule has 2 aliphatic heterocycles. The SMILES string of the molecule is CC(C)CC(=O)Nc1ccc2c(c1)N(CC(=O)N1CCCCC1)C(=O)C(C)O2. The lowest BCUT2D eigenvalue weighted by Gasteiger charge is -2.35. The molecule has 0 spiro atoms. The van der Waals surface area contributed by atoms with Gasteiger partial charge in [-0.1, -0.05) is 13.8 Å². The Balaban J connectivity index is 1.80. The van der Waals surface area contributed by atoms with Crippen molar-refractivity contribution in [2.24, 2.45) is 5.92 Å². The number of hydrogen-bond donors (Lipinski definition) is 1. The lowest BCUT2D eigenvalue weighted by Crippen LogP contribution is -2.50. The Morgan fingerprint density at radius 2 is 1.93 bits per heavy atom. The van der Waals surface area contributed by atoms with Gasteiger partial charge < -0.3 is 15.0 Å². The first kappa shape index (κ1) is 20.2. The molecule has 2 heterocycles. The van der Waals surface area contributed by atoms with Crippen molar-refractivity contribution < 1.29 is 19.1 Å². The quantitative estimate of drug-likeness (QED) is 0.843. The lowest BCUT2D eigenvalue weighted by atomic mass is 10.1.